The summed E-state index contributed by atoms with van der Waals surface area (Å²) in [4.78, 5) is 37.2. The zero-order valence-electron chi connectivity index (χ0n) is 28.6. The molecule has 0 aromatic heterocycles. The molecule has 272 valence electrons. The molecule has 1 aliphatic carbocycles. The Balaban J connectivity index is 0.000000654. The number of carbonyl (C=O) groups is 3. The number of fused-ring (bicyclic) bond motifs is 1. The van der Waals surface area contributed by atoms with Crippen LogP contribution in [0.25, 0.3) is 0 Å². The van der Waals surface area contributed by atoms with E-state index in [0.29, 0.717) is 31.2 Å². The molecule has 2 atom stereocenters. The molecule has 7 nitrogen and oxygen atoms in total. The van der Waals surface area contributed by atoms with E-state index in [2.05, 4.69) is 82.3 Å². The van der Waals surface area contributed by atoms with Crippen LogP contribution in [-0.4, -0.2) is 52.6 Å². The van der Waals surface area contributed by atoms with Crippen LogP contribution in [0.1, 0.15) is 85.1 Å². The molecule has 0 radical (unpaired) electrons. The zero-order valence-corrected chi connectivity index (χ0v) is 29.3. The first-order chi connectivity index (χ1) is 24.5. The number of nitrogens with zero attached hydrogens (tertiary/aromatic N) is 1. The highest BCUT2D eigenvalue weighted by molar-refractivity contribution is 6.30. The van der Waals surface area contributed by atoms with Gasteiger partial charge in [-0.2, -0.15) is 13.2 Å². The van der Waals surface area contributed by atoms with Gasteiger partial charge in [0.05, 0.1) is 12.1 Å². The number of carboxylic acid groups (broad SMARTS) is 1. The molecular weight excluding hydrogens is 679 g/mol. The van der Waals surface area contributed by atoms with Gasteiger partial charge in [-0.1, -0.05) is 90.3 Å². The van der Waals surface area contributed by atoms with Crippen molar-refractivity contribution in [3.05, 3.63) is 117 Å². The Hall–Kier alpha value is -4.15. The van der Waals surface area contributed by atoms with Crippen molar-refractivity contribution in [3.8, 4) is 0 Å². The number of carboxylic acids is 1. The van der Waals surface area contributed by atoms with E-state index in [0.717, 1.165) is 75.0 Å². The van der Waals surface area contributed by atoms with Crippen molar-refractivity contribution < 1.29 is 32.7 Å². The van der Waals surface area contributed by atoms with Crippen molar-refractivity contribution >= 4 is 29.4 Å². The molecule has 3 aromatic carbocycles. The minimum Gasteiger partial charge on any atom is -0.475 e. The van der Waals surface area contributed by atoms with Gasteiger partial charge in [-0.05, 0) is 97.2 Å². The first-order valence-corrected chi connectivity index (χ1v) is 18.0. The second kappa shape index (κ2) is 17.9. The summed E-state index contributed by atoms with van der Waals surface area (Å²) in [6.45, 7) is 2.31. The van der Waals surface area contributed by atoms with Gasteiger partial charge in [0, 0.05) is 31.1 Å². The molecule has 0 spiro atoms. The van der Waals surface area contributed by atoms with Crippen LogP contribution in [0, 0.1) is 0 Å². The minimum atomic E-state index is -5.08. The second-order valence-corrected chi connectivity index (χ2v) is 14.0. The van der Waals surface area contributed by atoms with Crippen LogP contribution in [0.2, 0.25) is 5.02 Å². The summed E-state index contributed by atoms with van der Waals surface area (Å²) < 4.78 is 31.7. The summed E-state index contributed by atoms with van der Waals surface area (Å²) in [5, 5.41) is 14.7. The average molecular weight is 724 g/mol. The number of allylic oxidation sites excluding steroid dienone is 1. The number of halogens is 4. The summed E-state index contributed by atoms with van der Waals surface area (Å²) >= 11 is 6.17. The predicted molar refractivity (Wildman–Crippen MR) is 191 cm³/mol. The van der Waals surface area contributed by atoms with E-state index in [1.807, 2.05) is 12.1 Å². The fourth-order valence-electron chi connectivity index (χ4n) is 7.19. The predicted octanol–water partition coefficient (Wildman–Crippen LogP) is 7.90. The number of hydrogen-bond donors (Lipinski definition) is 3. The summed E-state index contributed by atoms with van der Waals surface area (Å²) in [6.07, 6.45) is 6.81. The molecule has 2 heterocycles. The van der Waals surface area contributed by atoms with Crippen molar-refractivity contribution in [1.82, 2.24) is 15.5 Å². The lowest BCUT2D eigenvalue weighted by Gasteiger charge is -2.30. The molecule has 1 saturated carbocycles. The average Bonchev–Trinajstić information content (AvgIpc) is 3.32. The Morgan fingerprint density at radius 2 is 1.61 bits per heavy atom. The van der Waals surface area contributed by atoms with E-state index in [9.17, 15) is 22.8 Å². The van der Waals surface area contributed by atoms with Gasteiger partial charge >= 0.3 is 12.1 Å². The molecule has 0 unspecified atom stereocenters. The third-order valence-corrected chi connectivity index (χ3v) is 10.2. The van der Waals surface area contributed by atoms with Crippen LogP contribution >= 0.6 is 11.6 Å². The molecule has 0 bridgehead atoms. The van der Waals surface area contributed by atoms with Gasteiger partial charge in [0.2, 0.25) is 11.8 Å². The van der Waals surface area contributed by atoms with Gasteiger partial charge in [0.25, 0.3) is 0 Å². The number of carbonyl (C=O) groups excluding carboxylic acids is 2. The van der Waals surface area contributed by atoms with Gasteiger partial charge in [-0.15, -0.1) is 0 Å². The smallest absolute Gasteiger partial charge is 0.475 e. The number of nitrogens with one attached hydrogen (secondary N) is 2. The topological polar surface area (TPSA) is 98.7 Å². The fraction of sp³-hybridized carbons (Fsp3) is 0.425. The highest BCUT2D eigenvalue weighted by atomic mass is 35.5. The monoisotopic (exact) mass is 723 g/mol. The Labute approximate surface area is 302 Å². The van der Waals surface area contributed by atoms with E-state index in [1.165, 1.54) is 27.8 Å². The van der Waals surface area contributed by atoms with Crippen molar-refractivity contribution in [2.75, 3.05) is 6.54 Å². The van der Waals surface area contributed by atoms with Crippen molar-refractivity contribution in [3.63, 3.8) is 0 Å². The number of benzene rings is 3. The van der Waals surface area contributed by atoms with E-state index in [1.54, 1.807) is 0 Å². The number of rotatable bonds is 8. The zero-order chi connectivity index (χ0) is 36.4. The molecule has 3 aliphatic rings. The van der Waals surface area contributed by atoms with Crippen molar-refractivity contribution in [2.45, 2.75) is 101 Å². The van der Waals surface area contributed by atoms with Crippen molar-refractivity contribution in [1.29, 1.82) is 0 Å². The SMILES string of the molecule is O=C(N[C@H](C=C1CCC(c2ccccc2CN2CCCCCC2=O)CC1)Cc1ccc(Cl)cc1)[C@H]1Cc2ccccc2CN1.O=C(O)C(F)(F)F. The molecule has 2 fully saturated rings. The summed E-state index contributed by atoms with van der Waals surface area (Å²) in [7, 11) is 0. The van der Waals surface area contributed by atoms with Gasteiger partial charge < -0.3 is 20.6 Å². The maximum absolute atomic E-state index is 13.5. The Bertz CT molecular complexity index is 1680. The molecule has 11 heteroatoms. The van der Waals surface area contributed by atoms with Gasteiger partial charge in [0.1, 0.15) is 0 Å². The third kappa shape index (κ3) is 11.2. The summed E-state index contributed by atoms with van der Waals surface area (Å²) in [5.74, 6) is -1.91. The number of hydrogen-bond acceptors (Lipinski definition) is 4. The third-order valence-electron chi connectivity index (χ3n) is 9.93. The Morgan fingerprint density at radius 1 is 0.941 bits per heavy atom. The maximum atomic E-state index is 13.5. The maximum Gasteiger partial charge on any atom is 0.490 e. The first kappa shape index (κ1) is 38.1. The van der Waals surface area contributed by atoms with E-state index >= 15 is 0 Å². The number of likely N-dealkylation sites (tertiary alicyclic amines) is 1. The van der Waals surface area contributed by atoms with Gasteiger partial charge in [0.15, 0.2) is 0 Å². The second-order valence-electron chi connectivity index (χ2n) is 13.6. The van der Waals surface area contributed by atoms with Gasteiger partial charge in [-0.25, -0.2) is 4.79 Å². The van der Waals surface area contributed by atoms with Crippen molar-refractivity contribution in [2.24, 2.45) is 0 Å². The molecule has 3 N–H and O–H groups in total. The van der Waals surface area contributed by atoms with E-state index < -0.39 is 12.1 Å². The molecule has 2 aliphatic heterocycles. The van der Waals surface area contributed by atoms with Crippen LogP contribution < -0.4 is 10.6 Å². The standard InChI is InChI=1S/C38H44ClN3O2.C2HF3O2/c39-33-19-15-28(16-20-33)23-34(41-38(44)36-24-30-8-3-4-9-31(30)25-40-36)22-27-13-17-29(18-14-27)35-11-6-5-10-32(35)26-42-21-7-1-2-12-37(42)43;3-2(4,5)1(6)7/h3-6,8-11,15-16,19-20,22,29,34,36,40H,1-2,7,12-14,17-18,21,23-26H2,(H,41,44);(H,6,7)/t29?,34-,36-;/m1./s1. The normalized spacial score (nSPS) is 19.9. The Morgan fingerprint density at radius 3 is 2.31 bits per heavy atom. The number of aliphatic carboxylic acids is 1. The molecular formula is C40H45ClF3N3O4. The van der Waals surface area contributed by atoms with Crippen LogP contribution in [0.15, 0.2) is 84.4 Å². The molecule has 2 amide bonds. The minimum absolute atomic E-state index is 0.0565. The Kier molecular flexibility index (Phi) is 13.3. The lowest BCUT2D eigenvalue weighted by molar-refractivity contribution is -0.192. The highest BCUT2D eigenvalue weighted by Crippen LogP contribution is 2.37. The first-order valence-electron chi connectivity index (χ1n) is 17.7. The fourth-order valence-corrected chi connectivity index (χ4v) is 7.31. The van der Waals surface area contributed by atoms with Gasteiger partial charge in [-0.3, -0.25) is 9.59 Å². The summed E-state index contributed by atoms with van der Waals surface area (Å²) in [6, 6.07) is 24.7. The van der Waals surface area contributed by atoms with Crippen LogP contribution in [0.4, 0.5) is 13.2 Å². The largest absolute Gasteiger partial charge is 0.490 e. The lowest BCUT2D eigenvalue weighted by atomic mass is 9.79. The van der Waals surface area contributed by atoms with Crippen LogP contribution in [0.3, 0.4) is 0 Å². The number of amides is 2. The molecule has 6 rings (SSSR count). The van der Waals surface area contributed by atoms with E-state index in [-0.39, 0.29) is 18.0 Å². The molecule has 51 heavy (non-hydrogen) atoms. The quantitative estimate of drug-likeness (QED) is 0.205. The molecule has 3 aromatic rings. The number of alkyl halides is 3. The lowest BCUT2D eigenvalue weighted by Crippen LogP contribution is -2.50. The van der Waals surface area contributed by atoms with Crippen LogP contribution in [0.5, 0.6) is 0 Å². The molecule has 1 saturated heterocycles. The highest BCUT2D eigenvalue weighted by Gasteiger charge is 2.38. The van der Waals surface area contributed by atoms with E-state index in [4.69, 9.17) is 21.5 Å². The summed E-state index contributed by atoms with van der Waals surface area (Å²) in [5.41, 5.74) is 7.80. The van der Waals surface area contributed by atoms with Crippen LogP contribution in [-0.2, 0) is 40.3 Å².